The van der Waals surface area contributed by atoms with Gasteiger partial charge in [-0.1, -0.05) is 37.3 Å². The number of nitrogens with zero attached hydrogens (tertiary/aromatic N) is 2. The fraction of sp³-hybridized carbons (Fsp3) is 0.333. The van der Waals surface area contributed by atoms with Gasteiger partial charge in [-0.15, -0.1) is 0 Å². The van der Waals surface area contributed by atoms with Gasteiger partial charge in [-0.3, -0.25) is 4.79 Å². The van der Waals surface area contributed by atoms with Crippen molar-refractivity contribution in [3.8, 4) is 6.07 Å². The Balaban J connectivity index is 2.25. The van der Waals surface area contributed by atoms with Crippen molar-refractivity contribution in [1.29, 1.82) is 5.26 Å². The van der Waals surface area contributed by atoms with Crippen molar-refractivity contribution in [3.05, 3.63) is 59.4 Å². The molecule has 23 heavy (non-hydrogen) atoms. The molecule has 1 heterocycles. The highest BCUT2D eigenvalue weighted by atomic mass is 16.3. The third-order valence-electron chi connectivity index (χ3n) is 3.84. The van der Waals surface area contributed by atoms with E-state index in [0.29, 0.717) is 24.2 Å². The number of rotatable bonds is 6. The Morgan fingerprint density at radius 3 is 2.65 bits per heavy atom. The van der Waals surface area contributed by atoms with Crippen molar-refractivity contribution >= 4 is 5.91 Å². The van der Waals surface area contributed by atoms with Gasteiger partial charge in [0.15, 0.2) is 0 Å². The van der Waals surface area contributed by atoms with Crippen LogP contribution in [0.2, 0.25) is 0 Å². The van der Waals surface area contributed by atoms with Gasteiger partial charge in [0.25, 0.3) is 5.91 Å². The molecule has 120 valence electrons. The van der Waals surface area contributed by atoms with Crippen molar-refractivity contribution in [2.24, 2.45) is 0 Å². The third-order valence-corrected chi connectivity index (χ3v) is 3.84. The molecule has 0 aliphatic heterocycles. The second-order valence-corrected chi connectivity index (χ2v) is 5.91. The van der Waals surface area contributed by atoms with Crippen molar-refractivity contribution in [2.75, 3.05) is 6.54 Å². The SMILES string of the molecule is CC[C@@](C)(O)CN(Cc1ccccc1)C(=O)c1cc(C#N)c[nH]1. The number of aromatic amines is 1. The lowest BCUT2D eigenvalue weighted by Gasteiger charge is -2.31. The number of hydrogen-bond acceptors (Lipinski definition) is 3. The molecule has 5 heteroatoms. The van der Waals surface area contributed by atoms with Crippen molar-refractivity contribution in [3.63, 3.8) is 0 Å². The van der Waals surface area contributed by atoms with Gasteiger partial charge >= 0.3 is 0 Å². The average molecular weight is 311 g/mol. The molecule has 0 unspecified atom stereocenters. The largest absolute Gasteiger partial charge is 0.388 e. The molecule has 0 aliphatic carbocycles. The Morgan fingerprint density at radius 1 is 1.39 bits per heavy atom. The van der Waals surface area contributed by atoms with E-state index >= 15 is 0 Å². The highest BCUT2D eigenvalue weighted by Gasteiger charge is 2.26. The average Bonchev–Trinajstić information content (AvgIpc) is 3.03. The molecule has 0 bridgehead atoms. The first-order valence-electron chi connectivity index (χ1n) is 7.59. The van der Waals surface area contributed by atoms with Crippen LogP contribution in [0.25, 0.3) is 0 Å². The Morgan fingerprint density at radius 2 is 2.09 bits per heavy atom. The molecule has 1 aromatic heterocycles. The number of nitriles is 1. The number of benzene rings is 1. The van der Waals surface area contributed by atoms with Crippen LogP contribution in [0.3, 0.4) is 0 Å². The van der Waals surface area contributed by atoms with Crippen LogP contribution in [0.15, 0.2) is 42.6 Å². The molecule has 2 aromatic rings. The quantitative estimate of drug-likeness (QED) is 0.860. The Kier molecular flexibility index (Phi) is 5.20. The van der Waals surface area contributed by atoms with Crippen LogP contribution in [0.4, 0.5) is 0 Å². The number of carbonyl (C=O) groups excluding carboxylic acids is 1. The summed E-state index contributed by atoms with van der Waals surface area (Å²) in [4.78, 5) is 17.2. The number of nitrogens with one attached hydrogen (secondary N) is 1. The van der Waals surface area contributed by atoms with E-state index in [9.17, 15) is 9.90 Å². The predicted molar refractivity (Wildman–Crippen MR) is 87.6 cm³/mol. The zero-order chi connectivity index (χ0) is 16.9. The van der Waals surface area contributed by atoms with Crippen molar-refractivity contribution in [1.82, 2.24) is 9.88 Å². The van der Waals surface area contributed by atoms with Gasteiger partial charge in [0.1, 0.15) is 11.8 Å². The Hall–Kier alpha value is -2.58. The fourth-order valence-electron chi connectivity index (χ4n) is 2.28. The molecule has 0 spiro atoms. The number of aliphatic hydroxyl groups is 1. The Labute approximate surface area is 136 Å². The molecule has 0 fully saturated rings. The van der Waals surface area contributed by atoms with Gasteiger partial charge in [-0.2, -0.15) is 5.26 Å². The van der Waals surface area contributed by atoms with Gasteiger partial charge in [-0.25, -0.2) is 0 Å². The molecule has 2 N–H and O–H groups in total. The third kappa shape index (κ3) is 4.44. The van der Waals surface area contributed by atoms with Gasteiger partial charge in [0, 0.05) is 19.3 Å². The van der Waals surface area contributed by atoms with Gasteiger partial charge in [-0.05, 0) is 25.0 Å². The van der Waals surface area contributed by atoms with E-state index in [2.05, 4.69) is 4.98 Å². The predicted octanol–water partition coefficient (Wildman–Crippen LogP) is 2.69. The first kappa shape index (κ1) is 16.8. The molecule has 1 aromatic carbocycles. The minimum atomic E-state index is -0.963. The maximum atomic E-state index is 12.7. The summed E-state index contributed by atoms with van der Waals surface area (Å²) in [6.07, 6.45) is 2.05. The summed E-state index contributed by atoms with van der Waals surface area (Å²) in [5.41, 5.74) is 0.786. The van der Waals surface area contributed by atoms with Crippen molar-refractivity contribution < 1.29 is 9.90 Å². The number of H-pyrrole nitrogens is 1. The summed E-state index contributed by atoms with van der Waals surface area (Å²) >= 11 is 0. The number of aromatic nitrogens is 1. The zero-order valence-electron chi connectivity index (χ0n) is 13.4. The molecular weight excluding hydrogens is 290 g/mol. The monoisotopic (exact) mass is 311 g/mol. The second-order valence-electron chi connectivity index (χ2n) is 5.91. The minimum absolute atomic E-state index is 0.220. The summed E-state index contributed by atoms with van der Waals surface area (Å²) in [5.74, 6) is -0.232. The van der Waals surface area contributed by atoms with Crippen LogP contribution < -0.4 is 0 Å². The topological polar surface area (TPSA) is 80.1 Å². The first-order valence-corrected chi connectivity index (χ1v) is 7.59. The number of amides is 1. The van der Waals surface area contributed by atoms with Crippen LogP contribution in [-0.2, 0) is 6.54 Å². The molecule has 1 atom stereocenters. The molecular formula is C18H21N3O2. The van der Waals surface area contributed by atoms with E-state index in [-0.39, 0.29) is 12.5 Å². The normalized spacial score (nSPS) is 13.1. The highest BCUT2D eigenvalue weighted by Crippen LogP contribution is 2.17. The lowest BCUT2D eigenvalue weighted by Crippen LogP contribution is -2.43. The molecule has 5 nitrogen and oxygen atoms in total. The fourth-order valence-corrected chi connectivity index (χ4v) is 2.28. The van der Waals surface area contributed by atoms with Crippen LogP contribution >= 0.6 is 0 Å². The first-order chi connectivity index (χ1) is 10.9. The minimum Gasteiger partial charge on any atom is -0.388 e. The zero-order valence-corrected chi connectivity index (χ0v) is 13.4. The molecule has 0 saturated heterocycles. The second kappa shape index (κ2) is 7.12. The van der Waals surface area contributed by atoms with Gasteiger partial charge < -0.3 is 15.0 Å². The highest BCUT2D eigenvalue weighted by molar-refractivity contribution is 5.92. The number of carbonyl (C=O) groups is 1. The lowest BCUT2D eigenvalue weighted by molar-refractivity contribution is 0.0133. The summed E-state index contributed by atoms with van der Waals surface area (Å²) in [6, 6.07) is 13.2. The van der Waals surface area contributed by atoms with E-state index in [1.54, 1.807) is 11.8 Å². The van der Waals surface area contributed by atoms with Crippen LogP contribution in [-0.4, -0.2) is 33.0 Å². The lowest BCUT2D eigenvalue weighted by atomic mass is 10.0. The molecule has 0 radical (unpaired) electrons. The van der Waals surface area contributed by atoms with Crippen LogP contribution in [0, 0.1) is 11.3 Å². The van der Waals surface area contributed by atoms with E-state index in [0.717, 1.165) is 5.56 Å². The van der Waals surface area contributed by atoms with E-state index in [1.807, 2.05) is 43.3 Å². The summed E-state index contributed by atoms with van der Waals surface area (Å²) < 4.78 is 0. The summed E-state index contributed by atoms with van der Waals surface area (Å²) in [5, 5.41) is 19.3. The van der Waals surface area contributed by atoms with E-state index in [1.165, 1.54) is 12.3 Å². The van der Waals surface area contributed by atoms with E-state index < -0.39 is 5.60 Å². The summed E-state index contributed by atoms with van der Waals surface area (Å²) in [7, 11) is 0. The standard InChI is InChI=1S/C18H21N3O2/c1-3-18(2,23)13-21(12-14-7-5-4-6-8-14)17(22)16-9-15(10-19)11-20-16/h4-9,11,20,23H,3,12-13H2,1-2H3/t18-/m1/s1. The molecule has 0 saturated carbocycles. The van der Waals surface area contributed by atoms with Crippen LogP contribution in [0.1, 0.15) is 41.9 Å². The van der Waals surface area contributed by atoms with Crippen molar-refractivity contribution in [2.45, 2.75) is 32.4 Å². The smallest absolute Gasteiger partial charge is 0.270 e. The number of hydrogen-bond donors (Lipinski definition) is 2. The Bertz CT molecular complexity index is 699. The molecule has 2 rings (SSSR count). The maximum Gasteiger partial charge on any atom is 0.270 e. The molecule has 1 amide bonds. The van der Waals surface area contributed by atoms with E-state index in [4.69, 9.17) is 5.26 Å². The summed E-state index contributed by atoms with van der Waals surface area (Å²) in [6.45, 7) is 4.22. The van der Waals surface area contributed by atoms with Crippen LogP contribution in [0.5, 0.6) is 0 Å². The maximum absolute atomic E-state index is 12.7. The van der Waals surface area contributed by atoms with Gasteiger partial charge in [0.05, 0.1) is 11.2 Å². The molecule has 0 aliphatic rings. The van der Waals surface area contributed by atoms with Gasteiger partial charge in [0.2, 0.25) is 0 Å².